The van der Waals surface area contributed by atoms with Gasteiger partial charge in [-0.3, -0.25) is 4.98 Å². The zero-order chi connectivity index (χ0) is 9.10. The van der Waals surface area contributed by atoms with E-state index in [2.05, 4.69) is 18.0 Å². The van der Waals surface area contributed by atoms with Crippen LogP contribution in [0.25, 0.3) is 17.0 Å². The molecule has 13 heavy (non-hydrogen) atoms. The number of allylic oxidation sites excluding steroid dienone is 1. The Morgan fingerprint density at radius 3 is 2.85 bits per heavy atom. The summed E-state index contributed by atoms with van der Waals surface area (Å²) in [6, 6.07) is 10.1. The van der Waals surface area contributed by atoms with E-state index in [4.69, 9.17) is 0 Å². The minimum atomic E-state index is 1.03. The quantitative estimate of drug-likeness (QED) is 0.637. The monoisotopic (exact) mass is 168 g/mol. The third-order valence-electron chi connectivity index (χ3n) is 1.98. The van der Waals surface area contributed by atoms with Crippen molar-refractivity contribution in [2.45, 2.75) is 0 Å². The molecule has 0 aliphatic heterocycles. The summed E-state index contributed by atoms with van der Waals surface area (Å²) in [6.45, 7) is 3.69. The maximum Gasteiger partial charge on any atom is 0.0707 e. The Bertz CT molecular complexity index is 438. The smallest absolute Gasteiger partial charge is 0.0707 e. The van der Waals surface area contributed by atoms with Crippen molar-refractivity contribution in [1.29, 1.82) is 0 Å². The molecule has 0 aliphatic carbocycles. The van der Waals surface area contributed by atoms with Gasteiger partial charge in [-0.15, -0.1) is 0 Å². The second-order valence-corrected chi connectivity index (χ2v) is 2.82. The van der Waals surface area contributed by atoms with Crippen LogP contribution in [-0.4, -0.2) is 4.98 Å². The van der Waals surface area contributed by atoms with E-state index in [0.29, 0.717) is 0 Å². The fraction of sp³-hybridized carbons (Fsp3) is 0. The number of nitrogens with zero attached hydrogens (tertiary/aromatic N) is 1. The highest BCUT2D eigenvalue weighted by atomic mass is 14.6. The fourth-order valence-electron chi connectivity index (χ4n) is 1.39. The van der Waals surface area contributed by atoms with Gasteiger partial charge >= 0.3 is 0 Å². The van der Waals surface area contributed by atoms with Crippen molar-refractivity contribution < 1.29 is 0 Å². The molecule has 0 aliphatic rings. The lowest BCUT2D eigenvalue weighted by Gasteiger charge is -1.99. The van der Waals surface area contributed by atoms with Crippen LogP contribution in [0.5, 0.6) is 0 Å². The van der Waals surface area contributed by atoms with Crippen molar-refractivity contribution in [3.05, 3.63) is 55.1 Å². The van der Waals surface area contributed by atoms with Gasteiger partial charge in [-0.05, 0) is 24.6 Å². The Balaban J connectivity index is 2.75. The van der Waals surface area contributed by atoms with Gasteiger partial charge in [0, 0.05) is 11.6 Å². The minimum absolute atomic E-state index is 1.03. The van der Waals surface area contributed by atoms with Crippen molar-refractivity contribution in [3.8, 4) is 0 Å². The lowest BCUT2D eigenvalue weighted by atomic mass is 10.1. The molecule has 1 aromatic carbocycles. The Morgan fingerprint density at radius 2 is 2.00 bits per heavy atom. The molecule has 0 fully saturated rings. The van der Waals surface area contributed by atoms with Gasteiger partial charge in [0.05, 0.1) is 5.52 Å². The summed E-state index contributed by atoms with van der Waals surface area (Å²) in [6.07, 6.45) is 5.60. The van der Waals surface area contributed by atoms with Gasteiger partial charge in [0.2, 0.25) is 0 Å². The summed E-state index contributed by atoms with van der Waals surface area (Å²) >= 11 is 0. The Kier molecular flexibility index (Phi) is 2.09. The van der Waals surface area contributed by atoms with Gasteiger partial charge in [-0.25, -0.2) is 0 Å². The Hall–Kier alpha value is -1.63. The lowest BCUT2D eigenvalue weighted by molar-refractivity contribution is 1.41. The highest BCUT2D eigenvalue weighted by molar-refractivity contribution is 5.87. The Labute approximate surface area is 77.7 Å². The fourth-order valence-corrected chi connectivity index (χ4v) is 1.39. The largest absolute Gasteiger partial charge is 0.256 e. The average molecular weight is 168 g/mol. The van der Waals surface area contributed by atoms with E-state index < -0.39 is 0 Å². The molecule has 0 amide bonds. The SMILES string of the molecule is [CH2]/C=C/c1ccnc2ccccc12. The summed E-state index contributed by atoms with van der Waals surface area (Å²) in [5.74, 6) is 0. The van der Waals surface area contributed by atoms with Crippen molar-refractivity contribution >= 4 is 17.0 Å². The van der Waals surface area contributed by atoms with Gasteiger partial charge in [0.15, 0.2) is 0 Å². The maximum atomic E-state index is 4.27. The normalized spacial score (nSPS) is 11.2. The molecular formula is C12H10N. The molecule has 2 rings (SSSR count). The first-order chi connectivity index (χ1) is 6.42. The lowest BCUT2D eigenvalue weighted by Crippen LogP contribution is -1.80. The van der Waals surface area contributed by atoms with Crippen LogP contribution in [0.1, 0.15) is 5.56 Å². The summed E-state index contributed by atoms with van der Waals surface area (Å²) in [7, 11) is 0. The number of hydrogen-bond donors (Lipinski definition) is 0. The van der Waals surface area contributed by atoms with Crippen LogP contribution in [0.3, 0.4) is 0 Å². The third-order valence-corrected chi connectivity index (χ3v) is 1.98. The van der Waals surface area contributed by atoms with Crippen LogP contribution in [0.4, 0.5) is 0 Å². The van der Waals surface area contributed by atoms with Crippen LogP contribution in [-0.2, 0) is 0 Å². The average Bonchev–Trinajstić information content (AvgIpc) is 2.19. The molecule has 1 aromatic heterocycles. The van der Waals surface area contributed by atoms with E-state index in [1.165, 1.54) is 10.9 Å². The summed E-state index contributed by atoms with van der Waals surface area (Å²) < 4.78 is 0. The summed E-state index contributed by atoms with van der Waals surface area (Å²) in [4.78, 5) is 4.27. The molecule has 0 spiro atoms. The van der Waals surface area contributed by atoms with Crippen LogP contribution in [0.2, 0.25) is 0 Å². The number of hydrogen-bond acceptors (Lipinski definition) is 1. The van der Waals surface area contributed by atoms with Crippen molar-refractivity contribution in [3.63, 3.8) is 0 Å². The van der Waals surface area contributed by atoms with Crippen LogP contribution >= 0.6 is 0 Å². The number of fused-ring (bicyclic) bond motifs is 1. The van der Waals surface area contributed by atoms with E-state index in [-0.39, 0.29) is 0 Å². The standard InChI is InChI=1S/C12H10N/c1-2-5-10-8-9-13-12-7-4-3-6-11(10)12/h2-9H,1H2/b5-2+. The first-order valence-electron chi connectivity index (χ1n) is 4.21. The summed E-state index contributed by atoms with van der Waals surface area (Å²) in [5, 5.41) is 1.17. The number of benzene rings is 1. The van der Waals surface area contributed by atoms with E-state index >= 15 is 0 Å². The van der Waals surface area contributed by atoms with Crippen molar-refractivity contribution in [2.75, 3.05) is 0 Å². The molecule has 0 saturated carbocycles. The first-order valence-corrected chi connectivity index (χ1v) is 4.21. The van der Waals surface area contributed by atoms with E-state index in [9.17, 15) is 0 Å². The van der Waals surface area contributed by atoms with Gasteiger partial charge < -0.3 is 0 Å². The molecule has 1 heterocycles. The summed E-state index contributed by atoms with van der Waals surface area (Å²) in [5.41, 5.74) is 2.19. The number of aromatic nitrogens is 1. The number of para-hydroxylation sites is 1. The van der Waals surface area contributed by atoms with Crippen molar-refractivity contribution in [2.24, 2.45) is 0 Å². The highest BCUT2D eigenvalue weighted by Crippen LogP contribution is 2.16. The first kappa shape index (κ1) is 7.99. The second-order valence-electron chi connectivity index (χ2n) is 2.82. The molecule has 1 radical (unpaired) electrons. The molecule has 1 nitrogen and oxygen atoms in total. The minimum Gasteiger partial charge on any atom is -0.256 e. The topological polar surface area (TPSA) is 12.9 Å². The third kappa shape index (κ3) is 1.45. The molecule has 0 saturated heterocycles. The number of rotatable bonds is 1. The Morgan fingerprint density at radius 1 is 1.15 bits per heavy atom. The van der Waals surface area contributed by atoms with Crippen molar-refractivity contribution in [1.82, 2.24) is 4.98 Å². The van der Waals surface area contributed by atoms with Gasteiger partial charge in [-0.2, -0.15) is 0 Å². The molecule has 2 aromatic rings. The van der Waals surface area contributed by atoms with E-state index in [1.807, 2.05) is 36.5 Å². The van der Waals surface area contributed by atoms with E-state index in [0.717, 1.165) is 5.52 Å². The van der Waals surface area contributed by atoms with Gasteiger partial charge in [0.25, 0.3) is 0 Å². The highest BCUT2D eigenvalue weighted by Gasteiger charge is 1.95. The molecule has 0 N–H and O–H groups in total. The van der Waals surface area contributed by atoms with Gasteiger partial charge in [-0.1, -0.05) is 30.4 Å². The zero-order valence-electron chi connectivity index (χ0n) is 7.27. The molecular weight excluding hydrogens is 158 g/mol. The predicted molar refractivity (Wildman–Crippen MR) is 56.1 cm³/mol. The molecule has 63 valence electrons. The second kappa shape index (κ2) is 3.40. The molecule has 0 bridgehead atoms. The van der Waals surface area contributed by atoms with E-state index in [1.54, 1.807) is 6.08 Å². The van der Waals surface area contributed by atoms with Gasteiger partial charge in [0.1, 0.15) is 0 Å². The molecule has 0 unspecified atom stereocenters. The van der Waals surface area contributed by atoms with Crippen LogP contribution in [0, 0.1) is 6.92 Å². The maximum absolute atomic E-state index is 4.27. The molecule has 0 atom stereocenters. The number of pyridine rings is 1. The van der Waals surface area contributed by atoms with Crippen LogP contribution < -0.4 is 0 Å². The van der Waals surface area contributed by atoms with Crippen LogP contribution in [0.15, 0.2) is 42.6 Å². The molecule has 1 heteroatoms. The zero-order valence-corrected chi connectivity index (χ0v) is 7.27. The predicted octanol–water partition coefficient (Wildman–Crippen LogP) is 3.08.